The monoisotopic (exact) mass is 574 g/mol. The minimum absolute atomic E-state index is 0.106. The van der Waals surface area contributed by atoms with Crippen LogP contribution in [0.4, 0.5) is 0 Å². The van der Waals surface area contributed by atoms with Crippen molar-refractivity contribution in [1.29, 1.82) is 0 Å². The zero-order valence-electron chi connectivity index (χ0n) is 16.9. The molecule has 0 aliphatic carbocycles. The SMILES string of the molecule is [CH2-]P(c1ccccc1)c1ccccc1.[CH2-]P(c1ccccc1)c1ccccc1.[Cl][Pd][Cl]. The Bertz CT molecular complexity index is 796. The van der Waals surface area contributed by atoms with Crippen LogP contribution in [0, 0.1) is 13.3 Å². The predicted octanol–water partition coefficient (Wildman–Crippen LogP) is 7.20. The average Bonchev–Trinajstić information content (AvgIpc) is 2.86. The van der Waals surface area contributed by atoms with Crippen molar-refractivity contribution >= 4 is 56.1 Å². The quantitative estimate of drug-likeness (QED) is 0.137. The second kappa shape index (κ2) is 15.7. The van der Waals surface area contributed by atoms with Gasteiger partial charge in [0.25, 0.3) is 0 Å². The minimum atomic E-state index is -0.421. The Balaban J connectivity index is 0.000000196. The van der Waals surface area contributed by atoms with E-state index in [2.05, 4.69) is 110 Å². The third-order valence-corrected chi connectivity index (χ3v) is 7.96. The van der Waals surface area contributed by atoms with Gasteiger partial charge in [0.1, 0.15) is 0 Å². The Morgan fingerprint density at radius 3 is 0.742 bits per heavy atom. The molecule has 0 saturated carbocycles. The van der Waals surface area contributed by atoms with Crippen LogP contribution in [0.1, 0.15) is 0 Å². The van der Waals surface area contributed by atoms with E-state index in [1.54, 1.807) is 0 Å². The number of halogens is 2. The fourth-order valence-electron chi connectivity index (χ4n) is 2.73. The van der Waals surface area contributed by atoms with E-state index in [0.717, 1.165) is 0 Å². The van der Waals surface area contributed by atoms with Crippen molar-refractivity contribution in [3.63, 3.8) is 0 Å². The summed E-state index contributed by atoms with van der Waals surface area (Å²) in [5, 5.41) is 5.31. The Morgan fingerprint density at radius 1 is 0.419 bits per heavy atom. The van der Waals surface area contributed by atoms with Crippen molar-refractivity contribution in [1.82, 2.24) is 0 Å². The molecule has 0 radical (unpaired) electrons. The first-order chi connectivity index (χ1) is 15.2. The normalized spacial score (nSPS) is 10.1. The van der Waals surface area contributed by atoms with Crippen LogP contribution < -0.4 is 21.2 Å². The summed E-state index contributed by atoms with van der Waals surface area (Å²) in [7, 11) is 8.79. The van der Waals surface area contributed by atoms with Crippen molar-refractivity contribution in [3.05, 3.63) is 135 Å². The van der Waals surface area contributed by atoms with E-state index in [0.29, 0.717) is 0 Å². The van der Waals surface area contributed by atoms with Crippen LogP contribution in [-0.4, -0.2) is 0 Å². The van der Waals surface area contributed by atoms with E-state index >= 15 is 0 Å². The van der Waals surface area contributed by atoms with Crippen LogP contribution in [-0.2, 0) is 15.9 Å². The molecule has 0 unspecified atom stereocenters. The molecule has 0 saturated heterocycles. The van der Waals surface area contributed by atoms with E-state index < -0.39 is 15.8 Å². The Hall–Kier alpha value is -1.02. The van der Waals surface area contributed by atoms with Crippen molar-refractivity contribution in [3.8, 4) is 0 Å². The molecule has 4 rings (SSSR count). The van der Waals surface area contributed by atoms with Gasteiger partial charge in [0, 0.05) is 0 Å². The molecule has 0 spiro atoms. The van der Waals surface area contributed by atoms with Crippen molar-refractivity contribution in [2.75, 3.05) is 0 Å². The van der Waals surface area contributed by atoms with Gasteiger partial charge in [-0.2, -0.15) is 0 Å². The molecule has 0 nitrogen and oxygen atoms in total. The molecule has 0 atom stereocenters. The van der Waals surface area contributed by atoms with Gasteiger partial charge >= 0.3 is 35.0 Å². The van der Waals surface area contributed by atoms with E-state index in [1.165, 1.54) is 21.2 Å². The summed E-state index contributed by atoms with van der Waals surface area (Å²) < 4.78 is 0. The summed E-state index contributed by atoms with van der Waals surface area (Å²) >= 11 is -0.106. The maximum absolute atomic E-state index is 4.81. The number of hydrogen-bond donors (Lipinski definition) is 0. The summed E-state index contributed by atoms with van der Waals surface area (Å²) in [6, 6.07) is 41.9. The molecule has 0 aromatic heterocycles. The fraction of sp³-hybridized carbons (Fsp3) is 0. The Morgan fingerprint density at radius 2 is 0.581 bits per heavy atom. The summed E-state index contributed by atoms with van der Waals surface area (Å²) in [6.45, 7) is 8.49. The summed E-state index contributed by atoms with van der Waals surface area (Å²) in [5.74, 6) is 0. The number of benzene rings is 4. The van der Waals surface area contributed by atoms with Crippen LogP contribution in [0.2, 0.25) is 0 Å². The second-order valence-electron chi connectivity index (χ2n) is 6.24. The topological polar surface area (TPSA) is 0 Å². The summed E-state index contributed by atoms with van der Waals surface area (Å²) in [4.78, 5) is 0. The molecule has 0 aliphatic heterocycles. The molecule has 4 aromatic carbocycles. The second-order valence-corrected chi connectivity index (χ2v) is 12.4. The fourth-order valence-corrected chi connectivity index (χ4v) is 5.45. The number of hydrogen-bond acceptors (Lipinski definition) is 0. The van der Waals surface area contributed by atoms with Crippen LogP contribution in [0.3, 0.4) is 0 Å². The van der Waals surface area contributed by atoms with Crippen LogP contribution in [0.15, 0.2) is 121 Å². The predicted molar refractivity (Wildman–Crippen MR) is 141 cm³/mol. The standard InChI is InChI=1S/2C13H12P.2ClH.Pd/c2*1-14(12-8-4-2-5-9-12)13-10-6-3-7-11-13;;;/h2*2-11H,1H2;2*1H;/q2*-1;;;+2/p-2. The summed E-state index contributed by atoms with van der Waals surface area (Å²) in [5.41, 5.74) is 0. The molecule has 0 N–H and O–H groups in total. The molecular formula is C26H24Cl2P2Pd-2. The Labute approximate surface area is 205 Å². The van der Waals surface area contributed by atoms with Crippen LogP contribution >= 0.6 is 34.9 Å². The molecule has 0 heterocycles. The van der Waals surface area contributed by atoms with Crippen molar-refractivity contribution < 1.29 is 15.9 Å². The molecule has 31 heavy (non-hydrogen) atoms. The van der Waals surface area contributed by atoms with Gasteiger partial charge in [0.2, 0.25) is 0 Å². The van der Waals surface area contributed by atoms with Gasteiger partial charge in [0.15, 0.2) is 0 Å². The zero-order chi connectivity index (χ0) is 22.3. The number of rotatable bonds is 4. The van der Waals surface area contributed by atoms with Crippen molar-refractivity contribution in [2.45, 2.75) is 0 Å². The average molecular weight is 576 g/mol. The maximum atomic E-state index is 4.81. The van der Waals surface area contributed by atoms with Crippen molar-refractivity contribution in [2.24, 2.45) is 0 Å². The van der Waals surface area contributed by atoms with Crippen LogP contribution in [0.25, 0.3) is 0 Å². The molecule has 5 heteroatoms. The van der Waals surface area contributed by atoms with E-state index in [9.17, 15) is 0 Å². The summed E-state index contributed by atoms with van der Waals surface area (Å²) in [6.07, 6.45) is 0. The molecule has 4 aromatic rings. The van der Waals surface area contributed by atoms with E-state index in [4.69, 9.17) is 19.1 Å². The van der Waals surface area contributed by atoms with Gasteiger partial charge in [0.05, 0.1) is 0 Å². The molecule has 0 aliphatic rings. The van der Waals surface area contributed by atoms with Gasteiger partial charge in [-0.3, -0.25) is 0 Å². The third kappa shape index (κ3) is 9.56. The van der Waals surface area contributed by atoms with E-state index in [1.807, 2.05) is 24.3 Å². The molecule has 164 valence electrons. The first kappa shape index (κ1) is 26.2. The molecule has 0 fully saturated rings. The van der Waals surface area contributed by atoms with Gasteiger partial charge in [-0.05, 0) is 0 Å². The molecule has 0 amide bonds. The molecule has 0 bridgehead atoms. The van der Waals surface area contributed by atoms with Crippen LogP contribution in [0.5, 0.6) is 0 Å². The van der Waals surface area contributed by atoms with Gasteiger partial charge in [-0.25, -0.2) is 15.8 Å². The Kier molecular flexibility index (Phi) is 13.3. The van der Waals surface area contributed by atoms with E-state index in [-0.39, 0.29) is 15.9 Å². The van der Waals surface area contributed by atoms with Gasteiger partial charge in [-0.1, -0.05) is 143 Å². The van der Waals surface area contributed by atoms with Gasteiger partial charge in [-0.15, -0.1) is 0 Å². The van der Waals surface area contributed by atoms with Gasteiger partial charge < -0.3 is 13.3 Å². The third-order valence-electron chi connectivity index (χ3n) is 4.27. The first-order valence-corrected chi connectivity index (χ1v) is 16.5. The molecular weight excluding hydrogens is 552 g/mol. The zero-order valence-corrected chi connectivity index (χ0v) is 21.8. The first-order valence-electron chi connectivity index (χ1n) is 9.41.